The van der Waals surface area contributed by atoms with Crippen LogP contribution in [0.25, 0.3) is 0 Å². The van der Waals surface area contributed by atoms with Gasteiger partial charge in [0, 0.05) is 17.7 Å². The minimum absolute atomic E-state index is 0.220. The quantitative estimate of drug-likeness (QED) is 0.807. The van der Waals surface area contributed by atoms with Crippen LogP contribution in [0.1, 0.15) is 27.0 Å². The van der Waals surface area contributed by atoms with Gasteiger partial charge in [0.2, 0.25) is 0 Å². The van der Waals surface area contributed by atoms with Crippen molar-refractivity contribution in [3.8, 4) is 11.5 Å². The normalized spacial score (nSPS) is 10.2. The van der Waals surface area contributed by atoms with Gasteiger partial charge in [0.15, 0.2) is 6.61 Å². The van der Waals surface area contributed by atoms with E-state index in [2.05, 4.69) is 5.32 Å². The molecule has 0 aliphatic carbocycles. The molecule has 6 nitrogen and oxygen atoms in total. The van der Waals surface area contributed by atoms with Crippen molar-refractivity contribution in [2.75, 3.05) is 13.7 Å². The first-order valence-corrected chi connectivity index (χ1v) is 7.78. The van der Waals surface area contributed by atoms with Gasteiger partial charge in [-0.05, 0) is 43.2 Å². The number of carbonyl (C=O) groups is 2. The lowest BCUT2D eigenvalue weighted by Crippen LogP contribution is -2.23. The van der Waals surface area contributed by atoms with Gasteiger partial charge in [-0.15, -0.1) is 0 Å². The van der Waals surface area contributed by atoms with Gasteiger partial charge in [0.05, 0.1) is 7.11 Å². The number of hydrogen-bond donors (Lipinski definition) is 2. The summed E-state index contributed by atoms with van der Waals surface area (Å²) in [6, 6.07) is 10.8. The van der Waals surface area contributed by atoms with Crippen molar-refractivity contribution >= 4 is 11.9 Å². The van der Waals surface area contributed by atoms with Crippen molar-refractivity contribution < 1.29 is 24.2 Å². The Bertz CT molecular complexity index is 762. The van der Waals surface area contributed by atoms with Crippen molar-refractivity contribution in [1.29, 1.82) is 0 Å². The maximum absolute atomic E-state index is 12.4. The molecule has 2 aromatic carbocycles. The van der Waals surface area contributed by atoms with Crippen molar-refractivity contribution in [2.45, 2.75) is 20.4 Å². The highest BCUT2D eigenvalue weighted by Crippen LogP contribution is 2.25. The van der Waals surface area contributed by atoms with E-state index in [0.29, 0.717) is 34.7 Å². The molecule has 0 aromatic heterocycles. The number of hydrogen-bond acceptors (Lipinski definition) is 4. The SMILES string of the molecule is COc1ccccc1CNC(=O)c1cc(C)c(OCC(=O)O)c(C)c1. The number of amides is 1. The van der Waals surface area contributed by atoms with Crippen LogP contribution in [0.5, 0.6) is 11.5 Å². The number of para-hydroxylation sites is 1. The molecule has 0 atom stereocenters. The minimum atomic E-state index is -1.04. The molecule has 2 rings (SSSR count). The van der Waals surface area contributed by atoms with E-state index in [1.807, 2.05) is 24.3 Å². The van der Waals surface area contributed by atoms with Gasteiger partial charge in [-0.1, -0.05) is 18.2 Å². The fraction of sp³-hybridized carbons (Fsp3) is 0.263. The number of rotatable bonds is 7. The Labute approximate surface area is 146 Å². The van der Waals surface area contributed by atoms with Gasteiger partial charge in [0.1, 0.15) is 11.5 Å². The van der Waals surface area contributed by atoms with Gasteiger partial charge < -0.3 is 19.9 Å². The Hall–Kier alpha value is -3.02. The second-order valence-electron chi connectivity index (χ2n) is 5.62. The van der Waals surface area contributed by atoms with Crippen LogP contribution in [0, 0.1) is 13.8 Å². The van der Waals surface area contributed by atoms with E-state index in [9.17, 15) is 9.59 Å². The van der Waals surface area contributed by atoms with E-state index in [0.717, 1.165) is 5.56 Å². The van der Waals surface area contributed by atoms with Gasteiger partial charge in [-0.25, -0.2) is 4.79 Å². The Kier molecular flexibility index (Phi) is 6.00. The summed E-state index contributed by atoms with van der Waals surface area (Å²) < 4.78 is 10.5. The lowest BCUT2D eigenvalue weighted by atomic mass is 10.0. The van der Waals surface area contributed by atoms with Gasteiger partial charge >= 0.3 is 5.97 Å². The highest BCUT2D eigenvalue weighted by atomic mass is 16.5. The van der Waals surface area contributed by atoms with Crippen LogP contribution in [-0.2, 0) is 11.3 Å². The van der Waals surface area contributed by atoms with Crippen molar-refractivity contribution in [3.63, 3.8) is 0 Å². The van der Waals surface area contributed by atoms with Crippen LogP contribution >= 0.6 is 0 Å². The van der Waals surface area contributed by atoms with Gasteiger partial charge in [0.25, 0.3) is 5.91 Å². The van der Waals surface area contributed by atoms with Crippen LogP contribution in [-0.4, -0.2) is 30.7 Å². The van der Waals surface area contributed by atoms with Crippen LogP contribution in [0.15, 0.2) is 36.4 Å². The number of carboxylic acid groups (broad SMARTS) is 1. The van der Waals surface area contributed by atoms with Crippen LogP contribution in [0.3, 0.4) is 0 Å². The molecule has 0 unspecified atom stereocenters. The molecule has 0 aliphatic heterocycles. The van der Waals surface area contributed by atoms with Crippen LogP contribution in [0.4, 0.5) is 0 Å². The summed E-state index contributed by atoms with van der Waals surface area (Å²) in [6.45, 7) is 3.49. The van der Waals surface area contributed by atoms with E-state index >= 15 is 0 Å². The molecule has 0 saturated carbocycles. The third-order valence-corrected chi connectivity index (χ3v) is 3.69. The summed E-state index contributed by atoms with van der Waals surface area (Å²) in [5, 5.41) is 11.6. The predicted octanol–water partition coefficient (Wildman–Crippen LogP) is 2.71. The van der Waals surface area contributed by atoms with Crippen molar-refractivity contribution in [1.82, 2.24) is 5.32 Å². The maximum Gasteiger partial charge on any atom is 0.341 e. The Balaban J connectivity index is 2.10. The molecule has 0 spiro atoms. The highest BCUT2D eigenvalue weighted by Gasteiger charge is 2.13. The Morgan fingerprint density at radius 3 is 2.36 bits per heavy atom. The largest absolute Gasteiger partial charge is 0.496 e. The van der Waals surface area contributed by atoms with Gasteiger partial charge in [-0.3, -0.25) is 4.79 Å². The van der Waals surface area contributed by atoms with Crippen molar-refractivity contribution in [3.05, 3.63) is 58.7 Å². The summed E-state index contributed by atoms with van der Waals surface area (Å²) in [5.74, 6) is -0.0597. The zero-order valence-corrected chi connectivity index (χ0v) is 14.5. The predicted molar refractivity (Wildman–Crippen MR) is 93.2 cm³/mol. The summed E-state index contributed by atoms with van der Waals surface area (Å²) in [4.78, 5) is 23.1. The summed E-state index contributed by atoms with van der Waals surface area (Å²) >= 11 is 0. The number of aliphatic carboxylic acids is 1. The molecule has 0 heterocycles. The second kappa shape index (κ2) is 8.19. The third kappa shape index (κ3) is 4.73. The molecule has 132 valence electrons. The number of methoxy groups -OCH3 is 1. The molecule has 0 radical (unpaired) electrons. The Morgan fingerprint density at radius 2 is 1.76 bits per heavy atom. The molecule has 1 amide bonds. The molecule has 2 N–H and O–H groups in total. The Morgan fingerprint density at radius 1 is 1.12 bits per heavy atom. The number of carbonyl (C=O) groups excluding carboxylic acids is 1. The van der Waals surface area contributed by atoms with E-state index < -0.39 is 12.6 Å². The van der Waals surface area contributed by atoms with Gasteiger partial charge in [-0.2, -0.15) is 0 Å². The lowest BCUT2D eigenvalue weighted by Gasteiger charge is -2.13. The number of ether oxygens (including phenoxy) is 2. The smallest absolute Gasteiger partial charge is 0.341 e. The van der Waals surface area contributed by atoms with Crippen LogP contribution < -0.4 is 14.8 Å². The minimum Gasteiger partial charge on any atom is -0.496 e. The first-order chi connectivity index (χ1) is 11.9. The molecule has 0 fully saturated rings. The topological polar surface area (TPSA) is 84.9 Å². The summed E-state index contributed by atoms with van der Waals surface area (Å²) in [5.41, 5.74) is 2.80. The average Bonchev–Trinajstić information content (AvgIpc) is 2.58. The molecule has 0 saturated heterocycles. The first-order valence-electron chi connectivity index (χ1n) is 7.78. The third-order valence-electron chi connectivity index (χ3n) is 3.69. The zero-order chi connectivity index (χ0) is 18.4. The molecular weight excluding hydrogens is 322 g/mol. The highest BCUT2D eigenvalue weighted by molar-refractivity contribution is 5.94. The molecule has 0 aliphatic rings. The first kappa shape index (κ1) is 18.3. The average molecular weight is 343 g/mol. The number of nitrogens with one attached hydrogen (secondary N) is 1. The molecule has 2 aromatic rings. The standard InChI is InChI=1S/C19H21NO5/c1-12-8-15(9-13(2)18(12)25-11-17(21)22)19(23)20-10-14-6-4-5-7-16(14)24-3/h4-9H,10-11H2,1-3H3,(H,20,23)(H,21,22). The molecule has 25 heavy (non-hydrogen) atoms. The fourth-order valence-corrected chi connectivity index (χ4v) is 2.57. The molecule has 6 heteroatoms. The number of benzene rings is 2. The van der Waals surface area contributed by atoms with E-state index in [1.165, 1.54) is 0 Å². The maximum atomic E-state index is 12.4. The second-order valence-corrected chi connectivity index (χ2v) is 5.62. The van der Waals surface area contributed by atoms with E-state index in [-0.39, 0.29) is 5.91 Å². The van der Waals surface area contributed by atoms with E-state index in [4.69, 9.17) is 14.6 Å². The summed E-state index contributed by atoms with van der Waals surface area (Å²) in [7, 11) is 1.59. The summed E-state index contributed by atoms with van der Waals surface area (Å²) in [6.07, 6.45) is 0. The monoisotopic (exact) mass is 343 g/mol. The number of aryl methyl sites for hydroxylation is 2. The lowest BCUT2D eigenvalue weighted by molar-refractivity contribution is -0.139. The van der Waals surface area contributed by atoms with Crippen LogP contribution in [0.2, 0.25) is 0 Å². The van der Waals surface area contributed by atoms with E-state index in [1.54, 1.807) is 33.1 Å². The molecular formula is C19H21NO5. The number of carboxylic acids is 1. The zero-order valence-electron chi connectivity index (χ0n) is 14.5. The molecule has 0 bridgehead atoms. The van der Waals surface area contributed by atoms with Crippen molar-refractivity contribution in [2.24, 2.45) is 0 Å². The fourth-order valence-electron chi connectivity index (χ4n) is 2.57.